The van der Waals surface area contributed by atoms with Crippen molar-refractivity contribution in [2.45, 2.75) is 12.8 Å². The number of hydrogen-bond acceptors (Lipinski definition) is 6. The third-order valence-corrected chi connectivity index (χ3v) is 3.55. The van der Waals surface area contributed by atoms with Crippen LogP contribution >= 0.6 is 0 Å². The lowest BCUT2D eigenvalue weighted by molar-refractivity contribution is -0.140. The Morgan fingerprint density at radius 3 is 2.62 bits per heavy atom. The Morgan fingerprint density at radius 2 is 2.04 bits per heavy atom. The summed E-state index contributed by atoms with van der Waals surface area (Å²) in [4.78, 5) is 12.4. The molecule has 0 bridgehead atoms. The second-order valence-electron chi connectivity index (χ2n) is 5.07. The number of allylic oxidation sites excluding steroid dienone is 2. The number of carbonyl (C=O) groups is 1. The number of rotatable bonds is 5. The van der Waals surface area contributed by atoms with Crippen molar-refractivity contribution >= 4 is 5.97 Å². The van der Waals surface area contributed by atoms with E-state index in [4.69, 9.17) is 19.9 Å². The lowest BCUT2D eigenvalue weighted by Gasteiger charge is -2.26. The summed E-state index contributed by atoms with van der Waals surface area (Å²) in [7, 11) is 1.49. The van der Waals surface area contributed by atoms with Crippen LogP contribution < -0.4 is 5.73 Å². The fourth-order valence-corrected chi connectivity index (χ4v) is 2.43. The molecule has 1 aliphatic heterocycles. The molecule has 1 unspecified atom stereocenters. The maximum Gasteiger partial charge on any atom is 0.338 e. The highest BCUT2D eigenvalue weighted by Gasteiger charge is 2.36. The summed E-state index contributed by atoms with van der Waals surface area (Å²) < 4.78 is 28.5. The first-order valence-corrected chi connectivity index (χ1v) is 7.19. The Hall–Kier alpha value is -2.85. The molecule has 2 rings (SSSR count). The fourth-order valence-electron chi connectivity index (χ4n) is 2.43. The van der Waals surface area contributed by atoms with E-state index in [1.807, 2.05) is 6.07 Å². The van der Waals surface area contributed by atoms with E-state index in [-0.39, 0.29) is 36.0 Å². The van der Waals surface area contributed by atoms with Crippen LogP contribution in [-0.2, 0) is 19.0 Å². The van der Waals surface area contributed by atoms with Gasteiger partial charge < -0.3 is 19.9 Å². The predicted octanol–water partition coefficient (Wildman–Crippen LogP) is 2.10. The highest BCUT2D eigenvalue weighted by Crippen LogP contribution is 2.39. The fraction of sp³-hybridized carbons (Fsp3) is 0.294. The SMILES string of the molecule is COCCOC(=O)C1=C(C)OC(N)=C(C#N)C1c1ccc(F)cc1. The van der Waals surface area contributed by atoms with Crippen molar-refractivity contribution in [1.29, 1.82) is 5.26 Å². The number of esters is 1. The second-order valence-corrected chi connectivity index (χ2v) is 5.07. The van der Waals surface area contributed by atoms with Gasteiger partial charge in [0.1, 0.15) is 29.8 Å². The van der Waals surface area contributed by atoms with Gasteiger partial charge in [-0.15, -0.1) is 0 Å². The molecule has 0 radical (unpaired) electrons. The standard InChI is InChI=1S/C17H17FN2O4/c1-10-14(17(21)23-8-7-22-2)15(13(9-19)16(20)24-10)11-3-5-12(18)6-4-11/h3-6,15H,7-8,20H2,1-2H3. The summed E-state index contributed by atoms with van der Waals surface area (Å²) in [5.74, 6) is -1.69. The molecule has 0 fully saturated rings. The van der Waals surface area contributed by atoms with E-state index in [2.05, 4.69) is 0 Å². The number of methoxy groups -OCH3 is 1. The Bertz CT molecular complexity index is 732. The summed E-state index contributed by atoms with van der Waals surface area (Å²) in [6.45, 7) is 1.86. The van der Waals surface area contributed by atoms with Crippen molar-refractivity contribution in [2.24, 2.45) is 5.73 Å². The van der Waals surface area contributed by atoms with Gasteiger partial charge in [-0.25, -0.2) is 9.18 Å². The van der Waals surface area contributed by atoms with E-state index < -0.39 is 17.7 Å². The van der Waals surface area contributed by atoms with Gasteiger partial charge in [0.15, 0.2) is 0 Å². The molecule has 6 nitrogen and oxygen atoms in total. The van der Waals surface area contributed by atoms with Crippen LogP contribution in [-0.4, -0.2) is 26.3 Å². The number of nitriles is 1. The monoisotopic (exact) mass is 332 g/mol. The normalized spacial score (nSPS) is 17.3. The van der Waals surface area contributed by atoms with Gasteiger partial charge in [-0.3, -0.25) is 0 Å². The maximum absolute atomic E-state index is 13.2. The zero-order valence-corrected chi connectivity index (χ0v) is 13.3. The molecular formula is C17H17FN2O4. The van der Waals surface area contributed by atoms with Gasteiger partial charge in [0.25, 0.3) is 0 Å². The molecule has 1 heterocycles. The Morgan fingerprint density at radius 1 is 1.38 bits per heavy atom. The molecule has 1 aliphatic rings. The van der Waals surface area contributed by atoms with Gasteiger partial charge in [-0.2, -0.15) is 5.26 Å². The zero-order chi connectivity index (χ0) is 17.7. The van der Waals surface area contributed by atoms with Crippen molar-refractivity contribution in [3.63, 3.8) is 0 Å². The first kappa shape index (κ1) is 17.5. The van der Waals surface area contributed by atoms with Crippen LogP contribution in [0.2, 0.25) is 0 Å². The number of halogens is 1. The highest BCUT2D eigenvalue weighted by atomic mass is 19.1. The van der Waals surface area contributed by atoms with Gasteiger partial charge in [-0.05, 0) is 24.6 Å². The zero-order valence-electron chi connectivity index (χ0n) is 13.3. The van der Waals surface area contributed by atoms with E-state index in [0.717, 1.165) is 0 Å². The quantitative estimate of drug-likeness (QED) is 0.655. The Kier molecular flexibility index (Phi) is 5.55. The van der Waals surface area contributed by atoms with Gasteiger partial charge in [0.05, 0.1) is 18.1 Å². The molecule has 0 spiro atoms. The van der Waals surface area contributed by atoms with Crippen LogP contribution in [0.15, 0.2) is 47.1 Å². The molecule has 1 aromatic carbocycles. The molecule has 0 amide bonds. The third kappa shape index (κ3) is 3.55. The highest BCUT2D eigenvalue weighted by molar-refractivity contribution is 5.92. The predicted molar refractivity (Wildman–Crippen MR) is 82.6 cm³/mol. The van der Waals surface area contributed by atoms with Crippen LogP contribution in [0.4, 0.5) is 4.39 Å². The van der Waals surface area contributed by atoms with E-state index in [0.29, 0.717) is 5.56 Å². The van der Waals surface area contributed by atoms with Crippen LogP contribution in [0, 0.1) is 17.1 Å². The van der Waals surface area contributed by atoms with Crippen molar-refractivity contribution in [1.82, 2.24) is 0 Å². The molecule has 0 saturated carbocycles. The molecule has 0 saturated heterocycles. The van der Waals surface area contributed by atoms with Gasteiger partial charge in [0, 0.05) is 7.11 Å². The summed E-state index contributed by atoms with van der Waals surface area (Å²) in [6, 6.07) is 7.44. The largest absolute Gasteiger partial charge is 0.460 e. The molecule has 126 valence electrons. The molecule has 2 N–H and O–H groups in total. The average molecular weight is 332 g/mol. The number of benzene rings is 1. The summed E-state index contributed by atoms with van der Waals surface area (Å²) in [5.41, 5.74) is 6.55. The van der Waals surface area contributed by atoms with E-state index in [1.54, 1.807) is 6.92 Å². The number of ether oxygens (including phenoxy) is 3. The average Bonchev–Trinajstić information content (AvgIpc) is 2.55. The summed E-state index contributed by atoms with van der Waals surface area (Å²) in [5, 5.41) is 9.41. The van der Waals surface area contributed by atoms with E-state index >= 15 is 0 Å². The summed E-state index contributed by atoms with van der Waals surface area (Å²) >= 11 is 0. The van der Waals surface area contributed by atoms with Gasteiger partial charge >= 0.3 is 5.97 Å². The Balaban J connectivity index is 2.45. The molecule has 0 aromatic heterocycles. The molecule has 24 heavy (non-hydrogen) atoms. The maximum atomic E-state index is 13.2. The van der Waals surface area contributed by atoms with Gasteiger partial charge in [0.2, 0.25) is 5.88 Å². The molecular weight excluding hydrogens is 315 g/mol. The van der Waals surface area contributed by atoms with E-state index in [9.17, 15) is 14.4 Å². The second kappa shape index (κ2) is 7.62. The lowest BCUT2D eigenvalue weighted by atomic mass is 9.83. The minimum absolute atomic E-state index is 0.0589. The molecule has 1 atom stereocenters. The molecule has 0 aliphatic carbocycles. The Labute approximate surface area is 138 Å². The van der Waals surface area contributed by atoms with Crippen LogP contribution in [0.1, 0.15) is 18.4 Å². The molecule has 1 aromatic rings. The number of hydrogen-bond donors (Lipinski definition) is 1. The van der Waals surface area contributed by atoms with Crippen LogP contribution in [0.25, 0.3) is 0 Å². The van der Waals surface area contributed by atoms with Crippen LogP contribution in [0.5, 0.6) is 0 Å². The van der Waals surface area contributed by atoms with Crippen molar-refractivity contribution < 1.29 is 23.4 Å². The van der Waals surface area contributed by atoms with Crippen LogP contribution in [0.3, 0.4) is 0 Å². The smallest absolute Gasteiger partial charge is 0.338 e. The number of carbonyl (C=O) groups excluding carboxylic acids is 1. The van der Waals surface area contributed by atoms with Crippen molar-refractivity contribution in [2.75, 3.05) is 20.3 Å². The third-order valence-electron chi connectivity index (χ3n) is 3.55. The number of nitrogens with zero attached hydrogens (tertiary/aromatic N) is 1. The van der Waals surface area contributed by atoms with E-state index in [1.165, 1.54) is 31.4 Å². The minimum Gasteiger partial charge on any atom is -0.460 e. The summed E-state index contributed by atoms with van der Waals surface area (Å²) in [6.07, 6.45) is 0. The molecule has 7 heteroatoms. The lowest BCUT2D eigenvalue weighted by Crippen LogP contribution is -2.26. The topological polar surface area (TPSA) is 94.6 Å². The van der Waals surface area contributed by atoms with Crippen molar-refractivity contribution in [3.05, 3.63) is 58.4 Å². The van der Waals surface area contributed by atoms with Crippen molar-refractivity contribution in [3.8, 4) is 6.07 Å². The van der Waals surface area contributed by atoms with Gasteiger partial charge in [-0.1, -0.05) is 12.1 Å². The minimum atomic E-state index is -0.778. The first-order valence-electron chi connectivity index (χ1n) is 7.19. The first-order chi connectivity index (χ1) is 11.5. The number of nitrogens with two attached hydrogens (primary N) is 1.